The summed E-state index contributed by atoms with van der Waals surface area (Å²) in [5.74, 6) is -3.37. The van der Waals surface area contributed by atoms with Crippen LogP contribution in [0.4, 0.5) is 22.0 Å². The van der Waals surface area contributed by atoms with E-state index in [1.165, 1.54) is 6.07 Å². The minimum Gasteiger partial charge on any atom is -0.429 e. The van der Waals surface area contributed by atoms with Crippen molar-refractivity contribution >= 4 is 0 Å². The topological polar surface area (TPSA) is 9.23 Å². The fourth-order valence-electron chi connectivity index (χ4n) is 3.90. The Hall–Kier alpha value is -2.11. The second-order valence-corrected chi connectivity index (χ2v) is 7.45. The lowest BCUT2D eigenvalue weighted by atomic mass is 9.93. The van der Waals surface area contributed by atoms with Gasteiger partial charge in [0.1, 0.15) is 11.6 Å². The molecule has 6 heteroatoms. The summed E-state index contributed by atoms with van der Waals surface area (Å²) in [7, 11) is 0. The van der Waals surface area contributed by atoms with Crippen molar-refractivity contribution in [3.8, 4) is 5.75 Å². The standard InChI is InChI=1S/C22H23F5O/c1-2-3-4-14-5-6-15(11-14)16-7-9-18(20(24)12-16)22(26,27)28-17-8-10-19(23)21(25)13-17/h7-10,12-15H,2-6,11H2,1H3. The molecule has 0 spiro atoms. The summed E-state index contributed by atoms with van der Waals surface area (Å²) >= 11 is 0. The second kappa shape index (κ2) is 8.50. The van der Waals surface area contributed by atoms with E-state index in [1.54, 1.807) is 0 Å². The molecule has 0 bridgehead atoms. The molecule has 2 aromatic rings. The van der Waals surface area contributed by atoms with Gasteiger partial charge in [0, 0.05) is 6.07 Å². The zero-order valence-electron chi connectivity index (χ0n) is 15.7. The maximum atomic E-state index is 14.5. The van der Waals surface area contributed by atoms with Gasteiger partial charge >= 0.3 is 6.11 Å². The average molecular weight is 398 g/mol. The molecule has 28 heavy (non-hydrogen) atoms. The number of rotatable bonds is 7. The van der Waals surface area contributed by atoms with Crippen molar-refractivity contribution in [2.75, 3.05) is 0 Å². The van der Waals surface area contributed by atoms with Crippen molar-refractivity contribution < 1.29 is 26.7 Å². The zero-order valence-corrected chi connectivity index (χ0v) is 15.7. The first kappa shape index (κ1) is 20.6. The molecule has 1 saturated carbocycles. The van der Waals surface area contributed by atoms with Crippen LogP contribution >= 0.6 is 0 Å². The number of unbranched alkanes of at least 4 members (excludes halogenated alkanes) is 1. The zero-order chi connectivity index (χ0) is 20.3. The molecule has 0 N–H and O–H groups in total. The van der Waals surface area contributed by atoms with Crippen LogP contribution in [0.5, 0.6) is 5.75 Å². The fourth-order valence-corrected chi connectivity index (χ4v) is 3.90. The quantitative estimate of drug-likeness (QED) is 0.445. The summed E-state index contributed by atoms with van der Waals surface area (Å²) in [4.78, 5) is 0. The summed E-state index contributed by atoms with van der Waals surface area (Å²) in [6.07, 6.45) is 2.38. The number of halogens is 5. The molecule has 1 aliphatic rings. The predicted octanol–water partition coefficient (Wildman–Crippen LogP) is 7.31. The average Bonchev–Trinajstić information content (AvgIpc) is 3.11. The van der Waals surface area contributed by atoms with Gasteiger partial charge in [-0.1, -0.05) is 32.3 Å². The molecule has 2 atom stereocenters. The lowest BCUT2D eigenvalue weighted by Gasteiger charge is -2.20. The van der Waals surface area contributed by atoms with Crippen LogP contribution in [0, 0.1) is 23.4 Å². The van der Waals surface area contributed by atoms with E-state index in [4.69, 9.17) is 0 Å². The molecule has 0 amide bonds. The maximum absolute atomic E-state index is 14.5. The summed E-state index contributed by atoms with van der Waals surface area (Å²) in [6.45, 7) is 2.14. The molecule has 3 rings (SSSR count). The monoisotopic (exact) mass is 398 g/mol. The molecule has 0 radical (unpaired) electrons. The van der Waals surface area contributed by atoms with Gasteiger partial charge in [-0.2, -0.15) is 8.78 Å². The van der Waals surface area contributed by atoms with Crippen LogP contribution in [-0.4, -0.2) is 0 Å². The van der Waals surface area contributed by atoms with Crippen molar-refractivity contribution in [1.82, 2.24) is 0 Å². The number of alkyl halides is 2. The Morgan fingerprint density at radius 3 is 2.43 bits per heavy atom. The molecule has 2 aromatic carbocycles. The molecule has 1 fully saturated rings. The lowest BCUT2D eigenvalue weighted by Crippen LogP contribution is -2.23. The Morgan fingerprint density at radius 1 is 0.964 bits per heavy atom. The van der Waals surface area contributed by atoms with Crippen molar-refractivity contribution in [2.45, 2.75) is 57.5 Å². The predicted molar refractivity (Wildman–Crippen MR) is 96.9 cm³/mol. The van der Waals surface area contributed by atoms with Gasteiger partial charge in [-0.15, -0.1) is 0 Å². The van der Waals surface area contributed by atoms with Crippen LogP contribution in [0.2, 0.25) is 0 Å². The van der Waals surface area contributed by atoms with E-state index in [1.807, 2.05) is 0 Å². The number of benzene rings is 2. The van der Waals surface area contributed by atoms with Crippen molar-refractivity contribution in [3.63, 3.8) is 0 Å². The van der Waals surface area contributed by atoms with Crippen LogP contribution in [0.3, 0.4) is 0 Å². The number of hydrogen-bond acceptors (Lipinski definition) is 1. The van der Waals surface area contributed by atoms with Crippen LogP contribution in [0.1, 0.15) is 62.5 Å². The van der Waals surface area contributed by atoms with E-state index in [9.17, 15) is 22.0 Å². The fraction of sp³-hybridized carbons (Fsp3) is 0.455. The van der Waals surface area contributed by atoms with E-state index >= 15 is 0 Å². The molecule has 1 nitrogen and oxygen atoms in total. The van der Waals surface area contributed by atoms with E-state index in [2.05, 4.69) is 11.7 Å². The molecular weight excluding hydrogens is 375 g/mol. The maximum Gasteiger partial charge on any atom is 0.429 e. The van der Waals surface area contributed by atoms with Gasteiger partial charge in [-0.25, -0.2) is 13.2 Å². The SMILES string of the molecule is CCCCC1CCC(c2ccc(C(F)(F)Oc3ccc(F)c(F)c3)c(F)c2)C1. The van der Waals surface area contributed by atoms with Crippen LogP contribution in [0.15, 0.2) is 36.4 Å². The Labute approximate surface area is 161 Å². The van der Waals surface area contributed by atoms with Crippen molar-refractivity contribution in [1.29, 1.82) is 0 Å². The largest absolute Gasteiger partial charge is 0.429 e. The molecule has 0 heterocycles. The first-order valence-electron chi connectivity index (χ1n) is 9.62. The number of ether oxygens (including phenoxy) is 1. The highest BCUT2D eigenvalue weighted by atomic mass is 19.3. The van der Waals surface area contributed by atoms with Gasteiger partial charge in [0.25, 0.3) is 0 Å². The third kappa shape index (κ3) is 4.65. The van der Waals surface area contributed by atoms with E-state index in [0.29, 0.717) is 23.6 Å². The first-order chi connectivity index (χ1) is 13.3. The molecule has 152 valence electrons. The summed E-state index contributed by atoms with van der Waals surface area (Å²) in [6, 6.07) is 5.72. The van der Waals surface area contributed by atoms with Crippen LogP contribution < -0.4 is 4.74 Å². The van der Waals surface area contributed by atoms with Crippen molar-refractivity contribution in [2.24, 2.45) is 5.92 Å². The van der Waals surface area contributed by atoms with E-state index < -0.39 is 34.9 Å². The molecule has 0 saturated heterocycles. The first-order valence-corrected chi connectivity index (χ1v) is 9.62. The smallest absolute Gasteiger partial charge is 0.429 e. The number of hydrogen-bond donors (Lipinski definition) is 0. The summed E-state index contributed by atoms with van der Waals surface area (Å²) in [5, 5.41) is 0. The van der Waals surface area contributed by atoms with E-state index in [-0.39, 0.29) is 5.92 Å². The van der Waals surface area contributed by atoms with Gasteiger partial charge in [0.2, 0.25) is 0 Å². The molecular formula is C22H23F5O. The van der Waals surface area contributed by atoms with Crippen LogP contribution in [-0.2, 0) is 6.11 Å². The lowest BCUT2D eigenvalue weighted by molar-refractivity contribution is -0.187. The summed E-state index contributed by atoms with van der Waals surface area (Å²) in [5.41, 5.74) is -0.217. The molecule has 0 aliphatic heterocycles. The van der Waals surface area contributed by atoms with Gasteiger partial charge in [-0.05, 0) is 60.9 Å². The third-order valence-electron chi connectivity index (χ3n) is 5.42. The summed E-state index contributed by atoms with van der Waals surface area (Å²) < 4.78 is 73.8. The Balaban J connectivity index is 1.73. The Morgan fingerprint density at radius 2 is 1.75 bits per heavy atom. The van der Waals surface area contributed by atoms with Crippen molar-refractivity contribution in [3.05, 3.63) is 65.0 Å². The minimum absolute atomic E-state index is 0.172. The molecule has 2 unspecified atom stereocenters. The third-order valence-corrected chi connectivity index (χ3v) is 5.42. The Kier molecular flexibility index (Phi) is 6.26. The van der Waals surface area contributed by atoms with Gasteiger partial charge in [0.15, 0.2) is 11.6 Å². The molecule has 1 aliphatic carbocycles. The highest BCUT2D eigenvalue weighted by Crippen LogP contribution is 2.42. The van der Waals surface area contributed by atoms with E-state index in [0.717, 1.165) is 56.7 Å². The minimum atomic E-state index is -4.01. The van der Waals surface area contributed by atoms with Crippen LogP contribution in [0.25, 0.3) is 0 Å². The molecule has 0 aromatic heterocycles. The highest BCUT2D eigenvalue weighted by molar-refractivity contribution is 5.31. The van der Waals surface area contributed by atoms with Gasteiger partial charge in [0.05, 0.1) is 5.56 Å². The highest BCUT2D eigenvalue weighted by Gasteiger charge is 2.38. The van der Waals surface area contributed by atoms with Gasteiger partial charge in [-0.3, -0.25) is 0 Å². The van der Waals surface area contributed by atoms with Gasteiger partial charge < -0.3 is 4.74 Å². The second-order valence-electron chi connectivity index (χ2n) is 7.45. The Bertz CT molecular complexity index is 821. The normalized spacial score (nSPS) is 19.8.